The number of hydrogen-bond donors (Lipinski definition) is 0. The Labute approximate surface area is 214 Å². The average molecular weight is 553 g/mol. The van der Waals surface area contributed by atoms with Crippen LogP contribution in [0.3, 0.4) is 0 Å². The van der Waals surface area contributed by atoms with Gasteiger partial charge in [-0.2, -0.15) is 0 Å². The zero-order valence-electron chi connectivity index (χ0n) is 18.3. The number of benzene rings is 6. The average Bonchev–Trinajstić information content (AvgIpc) is 2.88. The van der Waals surface area contributed by atoms with Crippen molar-refractivity contribution in [3.63, 3.8) is 0 Å². The second-order valence-corrected chi connectivity index (χ2v) is 23.7. The predicted molar refractivity (Wildman–Crippen MR) is 155 cm³/mol. The molecule has 0 saturated heterocycles. The van der Waals surface area contributed by atoms with E-state index in [9.17, 15) is 0 Å². The molecular formula is C30H21AsS3. The maximum absolute atomic E-state index is 2.35. The van der Waals surface area contributed by atoms with Crippen molar-refractivity contribution < 1.29 is 0 Å². The Morgan fingerprint density at radius 1 is 0.324 bits per heavy atom. The third-order valence-electron chi connectivity index (χ3n) is 5.70. The number of hydrogen-bond acceptors (Lipinski definition) is 3. The fourth-order valence-corrected chi connectivity index (χ4v) is 21.4. The summed E-state index contributed by atoms with van der Waals surface area (Å²) in [6.07, 6.45) is 0. The van der Waals surface area contributed by atoms with Crippen LogP contribution >= 0.6 is 30.1 Å². The molecule has 0 unspecified atom stereocenters. The minimum absolute atomic E-state index is 1.30. The van der Waals surface area contributed by atoms with Crippen LogP contribution in [0.1, 0.15) is 0 Å². The maximum atomic E-state index is 2.35. The number of rotatable bonds is 6. The molecular weight excluding hydrogens is 531 g/mol. The first-order chi connectivity index (χ1) is 16.8. The van der Waals surface area contributed by atoms with Gasteiger partial charge in [0.1, 0.15) is 0 Å². The molecule has 0 fully saturated rings. The topological polar surface area (TPSA) is 0 Å². The molecule has 0 heterocycles. The molecule has 164 valence electrons. The van der Waals surface area contributed by atoms with Crippen molar-refractivity contribution in [3.05, 3.63) is 127 Å². The van der Waals surface area contributed by atoms with Gasteiger partial charge in [-0.15, -0.1) is 0 Å². The first-order valence-corrected chi connectivity index (χ1v) is 20.3. The molecule has 34 heavy (non-hydrogen) atoms. The van der Waals surface area contributed by atoms with Crippen LogP contribution in [0.25, 0.3) is 32.3 Å². The minimum atomic E-state index is -1.49. The molecule has 0 amide bonds. The summed E-state index contributed by atoms with van der Waals surface area (Å²) in [5.41, 5.74) is 0. The predicted octanol–water partition coefficient (Wildman–Crippen LogP) is 9.81. The normalized spacial score (nSPS) is 11.6. The van der Waals surface area contributed by atoms with Crippen molar-refractivity contribution in [1.82, 2.24) is 0 Å². The van der Waals surface area contributed by atoms with E-state index >= 15 is 0 Å². The van der Waals surface area contributed by atoms with Crippen LogP contribution in [-0.2, 0) is 0 Å². The van der Waals surface area contributed by atoms with Crippen LogP contribution in [0.15, 0.2) is 142 Å². The Kier molecular flexibility index (Phi) is 6.62. The molecule has 0 spiro atoms. The molecule has 6 rings (SSSR count). The fourth-order valence-electron chi connectivity index (χ4n) is 3.99. The van der Waals surface area contributed by atoms with E-state index in [2.05, 4.69) is 157 Å². The van der Waals surface area contributed by atoms with Crippen molar-refractivity contribution in [3.8, 4) is 0 Å². The molecule has 6 aromatic rings. The van der Waals surface area contributed by atoms with E-state index in [-0.39, 0.29) is 0 Å². The van der Waals surface area contributed by atoms with Crippen molar-refractivity contribution >= 4 is 73.6 Å². The van der Waals surface area contributed by atoms with Gasteiger partial charge in [0.25, 0.3) is 0 Å². The molecule has 0 atom stereocenters. The number of fused-ring (bicyclic) bond motifs is 3. The van der Waals surface area contributed by atoms with Gasteiger partial charge < -0.3 is 0 Å². The summed E-state index contributed by atoms with van der Waals surface area (Å²) in [6.45, 7) is 0. The third kappa shape index (κ3) is 5.04. The van der Waals surface area contributed by atoms with Crippen molar-refractivity contribution in [2.45, 2.75) is 14.7 Å². The van der Waals surface area contributed by atoms with Crippen molar-refractivity contribution in [2.75, 3.05) is 0 Å². The summed E-state index contributed by atoms with van der Waals surface area (Å²) in [4.78, 5) is 4.08. The standard InChI is InChI=1S/C30H21AsS3/c1-4-10-25-19-28(16-13-22(25)7-1)32-31(33-29-17-14-23-8-2-5-11-26(23)20-29)34-30-18-15-24-9-3-6-12-27(24)21-30/h1-21H. The monoisotopic (exact) mass is 552 g/mol. The Hall–Kier alpha value is -2.29. The van der Waals surface area contributed by atoms with Gasteiger partial charge in [0.15, 0.2) is 0 Å². The van der Waals surface area contributed by atoms with Gasteiger partial charge in [-0.25, -0.2) is 0 Å². The SMILES string of the molecule is c1ccc2cc(S[As](Sc3ccc4ccccc4c3)Sc3ccc4ccccc4c3)ccc2c1. The van der Waals surface area contributed by atoms with Gasteiger partial charge in [0, 0.05) is 0 Å². The van der Waals surface area contributed by atoms with E-state index in [0.29, 0.717) is 0 Å². The summed E-state index contributed by atoms with van der Waals surface area (Å²) in [5, 5.41) is 7.84. The van der Waals surface area contributed by atoms with Gasteiger partial charge in [-0.3, -0.25) is 0 Å². The Morgan fingerprint density at radius 3 is 0.941 bits per heavy atom. The second-order valence-electron chi connectivity index (χ2n) is 8.02. The van der Waals surface area contributed by atoms with Crippen LogP contribution in [0, 0.1) is 0 Å². The first kappa shape index (κ1) is 22.2. The van der Waals surface area contributed by atoms with Gasteiger partial charge in [0.2, 0.25) is 0 Å². The third-order valence-corrected chi connectivity index (χ3v) is 21.3. The Balaban J connectivity index is 1.33. The zero-order valence-corrected chi connectivity index (χ0v) is 22.6. The molecule has 0 aliphatic carbocycles. The van der Waals surface area contributed by atoms with E-state index < -0.39 is 11.2 Å². The Bertz CT molecular complexity index is 1420. The summed E-state index contributed by atoms with van der Waals surface area (Å²) in [5.74, 6) is 0. The summed E-state index contributed by atoms with van der Waals surface area (Å²) in [6, 6.07) is 46.6. The molecule has 0 N–H and O–H groups in total. The quantitative estimate of drug-likeness (QED) is 0.189. The van der Waals surface area contributed by atoms with Gasteiger partial charge >= 0.3 is 216 Å². The molecule has 6 aromatic carbocycles. The second kappa shape index (κ2) is 10.1. The van der Waals surface area contributed by atoms with E-state index in [1.54, 1.807) is 0 Å². The van der Waals surface area contributed by atoms with Crippen LogP contribution in [0.2, 0.25) is 0 Å². The van der Waals surface area contributed by atoms with E-state index in [4.69, 9.17) is 0 Å². The van der Waals surface area contributed by atoms with Crippen LogP contribution in [-0.4, -0.2) is 11.2 Å². The van der Waals surface area contributed by atoms with Crippen molar-refractivity contribution in [2.24, 2.45) is 0 Å². The first-order valence-electron chi connectivity index (χ1n) is 11.1. The molecule has 0 radical (unpaired) electrons. The summed E-state index contributed by atoms with van der Waals surface area (Å²) >= 11 is -1.49. The van der Waals surface area contributed by atoms with Crippen LogP contribution in [0.4, 0.5) is 0 Å². The molecule has 0 aliphatic heterocycles. The van der Waals surface area contributed by atoms with Gasteiger partial charge in [0.05, 0.1) is 0 Å². The molecule has 0 aliphatic rings. The Morgan fingerprint density at radius 2 is 0.618 bits per heavy atom. The molecule has 0 nitrogen and oxygen atoms in total. The zero-order chi connectivity index (χ0) is 22.7. The van der Waals surface area contributed by atoms with Crippen molar-refractivity contribution in [1.29, 1.82) is 0 Å². The van der Waals surface area contributed by atoms with E-state index in [1.807, 2.05) is 0 Å². The molecule has 0 bridgehead atoms. The summed E-state index contributed by atoms with van der Waals surface area (Å²) < 4.78 is 0. The molecule has 0 saturated carbocycles. The van der Waals surface area contributed by atoms with Gasteiger partial charge in [-0.05, 0) is 0 Å². The fraction of sp³-hybridized carbons (Fsp3) is 0. The van der Waals surface area contributed by atoms with Crippen LogP contribution < -0.4 is 0 Å². The van der Waals surface area contributed by atoms with E-state index in [1.165, 1.54) is 47.0 Å². The molecule has 0 aromatic heterocycles. The summed E-state index contributed by atoms with van der Waals surface area (Å²) in [7, 11) is 6.23. The molecule has 4 heteroatoms. The van der Waals surface area contributed by atoms with Gasteiger partial charge in [-0.1, -0.05) is 0 Å². The van der Waals surface area contributed by atoms with E-state index in [0.717, 1.165) is 0 Å². The van der Waals surface area contributed by atoms with Crippen LogP contribution in [0.5, 0.6) is 0 Å².